The molecule has 2 amide bonds. The fourth-order valence-corrected chi connectivity index (χ4v) is 4.39. The van der Waals surface area contributed by atoms with Gasteiger partial charge >= 0.3 is 0 Å². The van der Waals surface area contributed by atoms with E-state index < -0.39 is 48.9 Å². The lowest BCUT2D eigenvalue weighted by molar-refractivity contribution is -0.138. The van der Waals surface area contributed by atoms with E-state index in [4.69, 9.17) is 4.43 Å². The molecule has 0 bridgehead atoms. The van der Waals surface area contributed by atoms with Crippen molar-refractivity contribution in [2.24, 2.45) is 0 Å². The number of carbonyl (C=O) groups excluding carboxylic acids is 2. The third-order valence-electron chi connectivity index (χ3n) is 2.25. The smallest absolute Gasteiger partial charge is 0.250 e. The second-order valence-electron chi connectivity index (χ2n) is 8.53. The van der Waals surface area contributed by atoms with Crippen LogP contribution in [0.3, 0.4) is 0 Å². The zero-order valence-corrected chi connectivity index (χ0v) is 18.3. The van der Waals surface area contributed by atoms with Crippen molar-refractivity contribution in [2.45, 2.75) is 71.2 Å². The summed E-state index contributed by atoms with van der Waals surface area (Å²) in [6.45, 7) is 17.1. The van der Waals surface area contributed by atoms with E-state index >= 15 is 0 Å². The lowest BCUT2D eigenvalue weighted by Crippen LogP contribution is -2.59. The number of amides is 2. The molecular formula is C13H31FN2O3Si3. The average Bonchev–Trinajstić information content (AvgIpc) is 2.18. The van der Waals surface area contributed by atoms with Gasteiger partial charge in [0.2, 0.25) is 18.0 Å². The highest BCUT2D eigenvalue weighted by molar-refractivity contribution is 6.76. The molecule has 0 rings (SSSR count). The molecule has 0 fully saturated rings. The maximum absolute atomic E-state index is 14.6. The molecule has 0 aromatic heterocycles. The first-order valence-electron chi connectivity index (χ1n) is 7.48. The van der Waals surface area contributed by atoms with E-state index in [-0.39, 0.29) is 0 Å². The lowest BCUT2D eigenvalue weighted by Gasteiger charge is -2.31. The van der Waals surface area contributed by atoms with E-state index in [0.717, 1.165) is 0 Å². The molecule has 0 aromatic rings. The van der Waals surface area contributed by atoms with Crippen LogP contribution in [0.25, 0.3) is 0 Å². The normalized spacial score (nSPS) is 15.9. The Kier molecular flexibility index (Phi) is 7.19. The van der Waals surface area contributed by atoms with Crippen LogP contribution in [0.15, 0.2) is 0 Å². The highest BCUT2D eigenvalue weighted by Gasteiger charge is 2.40. The molecule has 0 aliphatic carbocycles. The summed E-state index contributed by atoms with van der Waals surface area (Å²) in [7, 11) is -6.10. The van der Waals surface area contributed by atoms with Crippen molar-refractivity contribution in [1.82, 2.24) is 9.96 Å². The number of alkyl halides is 1. The number of carbonyl (C=O) groups is 2. The number of nitrogens with one attached hydrogen (secondary N) is 2. The van der Waals surface area contributed by atoms with Gasteiger partial charge in [0, 0.05) is 0 Å². The summed E-state index contributed by atoms with van der Waals surface area (Å²) in [6, 6.07) is 0. The molecule has 0 aliphatic rings. The molecule has 0 aromatic carbocycles. The molecule has 2 atom stereocenters. The van der Waals surface area contributed by atoms with Crippen molar-refractivity contribution in [2.75, 3.05) is 0 Å². The van der Waals surface area contributed by atoms with Crippen LogP contribution in [0.2, 0.25) is 58.9 Å². The molecule has 0 heterocycles. The molecule has 5 nitrogen and oxygen atoms in total. The van der Waals surface area contributed by atoms with E-state index in [1.54, 1.807) is 0 Å². The second kappa shape index (κ2) is 7.37. The van der Waals surface area contributed by atoms with E-state index in [1.807, 2.05) is 58.9 Å². The Morgan fingerprint density at radius 2 is 1.18 bits per heavy atom. The Labute approximate surface area is 136 Å². The summed E-state index contributed by atoms with van der Waals surface area (Å²) in [5.74, 6) is -1.28. The van der Waals surface area contributed by atoms with Crippen molar-refractivity contribution in [1.29, 1.82) is 0 Å². The highest BCUT2D eigenvalue weighted by atomic mass is 28.4. The Balaban J connectivity index is 5.23. The molecule has 0 radical (unpaired) electrons. The number of rotatable bonds is 7. The van der Waals surface area contributed by atoms with Crippen LogP contribution in [0.5, 0.6) is 0 Å². The SMILES string of the molecule is C[Si](C)(C)NC(=O)C(F)C(O[Si](C)(C)C)C(=O)N[Si](C)(C)C. The van der Waals surface area contributed by atoms with Crippen molar-refractivity contribution >= 4 is 36.6 Å². The predicted molar refractivity (Wildman–Crippen MR) is 96.1 cm³/mol. The minimum Gasteiger partial charge on any atom is -0.403 e. The molecule has 130 valence electrons. The van der Waals surface area contributed by atoms with Gasteiger partial charge in [-0.1, -0.05) is 39.3 Å². The monoisotopic (exact) mass is 366 g/mol. The van der Waals surface area contributed by atoms with Gasteiger partial charge in [-0.3, -0.25) is 9.59 Å². The maximum atomic E-state index is 14.6. The first kappa shape index (κ1) is 21.5. The Morgan fingerprint density at radius 3 is 1.50 bits per heavy atom. The Hall–Kier alpha value is -0.519. The zero-order chi connectivity index (χ0) is 17.9. The van der Waals surface area contributed by atoms with Gasteiger partial charge in [0.25, 0.3) is 0 Å². The Bertz CT molecular complexity index is 414. The zero-order valence-electron chi connectivity index (χ0n) is 15.3. The summed E-state index contributed by atoms with van der Waals surface area (Å²) in [4.78, 5) is 30.0. The molecule has 2 unspecified atom stereocenters. The van der Waals surface area contributed by atoms with Crippen molar-refractivity contribution in [3.05, 3.63) is 0 Å². The quantitative estimate of drug-likeness (QED) is 0.680. The van der Waals surface area contributed by atoms with E-state index in [9.17, 15) is 14.0 Å². The standard InChI is InChI=1S/C13H31FN2O3Si3/c1-20(2,3)15-12(17)10(14)11(19-22(7,8)9)13(18)16-21(4,5)6/h10-11H,1-9H3,(H,15,17)(H,16,18). The molecule has 0 spiro atoms. The van der Waals surface area contributed by atoms with Gasteiger partial charge in [0.1, 0.15) is 16.5 Å². The van der Waals surface area contributed by atoms with Crippen molar-refractivity contribution < 1.29 is 18.4 Å². The summed E-state index contributed by atoms with van der Waals surface area (Å²) in [5, 5.41) is 0. The fraction of sp³-hybridized carbons (Fsp3) is 0.846. The second-order valence-corrected chi connectivity index (χ2v) is 22.5. The predicted octanol–water partition coefficient (Wildman–Crippen LogP) is 2.45. The van der Waals surface area contributed by atoms with Gasteiger partial charge in [0.05, 0.1) is 0 Å². The summed E-state index contributed by atoms with van der Waals surface area (Å²) in [6.07, 6.45) is -3.37. The van der Waals surface area contributed by atoms with Crippen LogP contribution in [-0.4, -0.2) is 48.9 Å². The summed E-state index contributed by atoms with van der Waals surface area (Å²) >= 11 is 0. The number of hydrogen-bond acceptors (Lipinski definition) is 3. The fourth-order valence-electron chi connectivity index (χ4n) is 1.64. The van der Waals surface area contributed by atoms with Gasteiger partial charge in [-0.25, -0.2) is 4.39 Å². The third-order valence-corrected chi connectivity index (χ3v) is 5.21. The average molecular weight is 367 g/mol. The minimum atomic E-state index is -2.18. The Morgan fingerprint density at radius 1 is 0.818 bits per heavy atom. The topological polar surface area (TPSA) is 67.4 Å². The van der Waals surface area contributed by atoms with E-state index in [1.165, 1.54) is 0 Å². The van der Waals surface area contributed by atoms with Crippen LogP contribution < -0.4 is 9.96 Å². The molecule has 0 saturated carbocycles. The van der Waals surface area contributed by atoms with Gasteiger partial charge in [0.15, 0.2) is 14.4 Å². The van der Waals surface area contributed by atoms with E-state index in [0.29, 0.717) is 0 Å². The van der Waals surface area contributed by atoms with Gasteiger partial charge in [-0.2, -0.15) is 0 Å². The molecule has 2 N–H and O–H groups in total. The van der Waals surface area contributed by atoms with Crippen LogP contribution in [0, 0.1) is 0 Å². The minimum absolute atomic E-state index is 0.528. The molecular weight excluding hydrogens is 335 g/mol. The molecule has 22 heavy (non-hydrogen) atoms. The van der Waals surface area contributed by atoms with Gasteiger partial charge < -0.3 is 14.4 Å². The highest BCUT2D eigenvalue weighted by Crippen LogP contribution is 2.15. The number of hydrogen-bond donors (Lipinski definition) is 2. The van der Waals surface area contributed by atoms with Gasteiger partial charge in [-0.15, -0.1) is 0 Å². The lowest BCUT2D eigenvalue weighted by atomic mass is 10.2. The van der Waals surface area contributed by atoms with Crippen molar-refractivity contribution in [3.8, 4) is 0 Å². The largest absolute Gasteiger partial charge is 0.403 e. The third kappa shape index (κ3) is 9.49. The molecule has 0 saturated heterocycles. The van der Waals surface area contributed by atoms with Crippen LogP contribution in [0.1, 0.15) is 0 Å². The number of halogens is 1. The van der Waals surface area contributed by atoms with E-state index in [2.05, 4.69) is 9.96 Å². The van der Waals surface area contributed by atoms with Crippen LogP contribution >= 0.6 is 0 Å². The first-order valence-corrected chi connectivity index (χ1v) is 17.9. The van der Waals surface area contributed by atoms with Crippen LogP contribution in [-0.2, 0) is 14.0 Å². The van der Waals surface area contributed by atoms with Crippen LogP contribution in [0.4, 0.5) is 4.39 Å². The summed E-state index contributed by atoms with van der Waals surface area (Å²) in [5.41, 5.74) is 0. The molecule has 0 aliphatic heterocycles. The van der Waals surface area contributed by atoms with Crippen molar-refractivity contribution in [3.63, 3.8) is 0 Å². The summed E-state index contributed by atoms with van der Waals surface area (Å²) < 4.78 is 20.3. The van der Waals surface area contributed by atoms with Gasteiger partial charge in [-0.05, 0) is 19.6 Å². The molecule has 9 heteroatoms. The first-order chi connectivity index (χ1) is 9.52. The maximum Gasteiger partial charge on any atom is 0.250 e.